The van der Waals surface area contributed by atoms with Crippen LogP contribution in [0.4, 0.5) is 0 Å². The summed E-state index contributed by atoms with van der Waals surface area (Å²) in [5.74, 6) is -0.983. The van der Waals surface area contributed by atoms with E-state index in [1.807, 2.05) is 12.1 Å². The van der Waals surface area contributed by atoms with Gasteiger partial charge in [-0.3, -0.25) is 9.19 Å². The second-order valence-corrected chi connectivity index (χ2v) is 5.09. The van der Waals surface area contributed by atoms with Crippen LogP contribution in [-0.2, 0) is 17.2 Å². The van der Waals surface area contributed by atoms with Crippen molar-refractivity contribution in [3.05, 3.63) is 48.0 Å². The lowest BCUT2D eigenvalue weighted by atomic mass is 10.2. The number of carboxylic acid groups (broad SMARTS) is 1. The summed E-state index contributed by atoms with van der Waals surface area (Å²) in [7, 11) is -1.34. The average molecular weight is 265 g/mol. The molecule has 0 aromatic carbocycles. The fraction of sp³-hybridized carbons (Fsp3) is 0.167. The van der Waals surface area contributed by atoms with Gasteiger partial charge < -0.3 is 9.52 Å². The van der Waals surface area contributed by atoms with Crippen LogP contribution in [0.15, 0.2) is 46.2 Å². The average Bonchev–Trinajstić information content (AvgIpc) is 2.87. The Labute approximate surface area is 106 Å². The van der Waals surface area contributed by atoms with E-state index in [9.17, 15) is 9.00 Å². The van der Waals surface area contributed by atoms with Crippen molar-refractivity contribution in [3.8, 4) is 0 Å². The van der Waals surface area contributed by atoms with Crippen LogP contribution in [0.25, 0.3) is 0 Å². The third-order valence-electron chi connectivity index (χ3n) is 2.32. The van der Waals surface area contributed by atoms with Gasteiger partial charge in [-0.05, 0) is 30.2 Å². The van der Waals surface area contributed by atoms with Crippen molar-refractivity contribution < 1.29 is 18.5 Å². The minimum atomic E-state index is -1.34. The van der Waals surface area contributed by atoms with Crippen molar-refractivity contribution in [2.45, 2.75) is 11.5 Å². The predicted octanol–water partition coefficient (Wildman–Crippen LogP) is 1.72. The highest BCUT2D eigenvalue weighted by atomic mass is 32.2. The van der Waals surface area contributed by atoms with Crippen LogP contribution in [0.1, 0.15) is 16.1 Å². The molecule has 0 fully saturated rings. The number of furan rings is 1. The van der Waals surface area contributed by atoms with Crippen molar-refractivity contribution >= 4 is 16.8 Å². The molecule has 1 unspecified atom stereocenters. The van der Waals surface area contributed by atoms with Crippen molar-refractivity contribution in [3.63, 3.8) is 0 Å². The van der Waals surface area contributed by atoms with Crippen LogP contribution in [0, 0.1) is 0 Å². The van der Waals surface area contributed by atoms with Crippen LogP contribution < -0.4 is 0 Å². The Kier molecular flexibility index (Phi) is 3.88. The molecule has 1 N–H and O–H groups in total. The molecule has 0 amide bonds. The molecule has 0 radical (unpaired) electrons. The number of hydrogen-bond acceptors (Lipinski definition) is 4. The molecule has 0 spiro atoms. The summed E-state index contributed by atoms with van der Waals surface area (Å²) < 4.78 is 16.8. The first-order chi connectivity index (χ1) is 8.66. The minimum absolute atomic E-state index is 0.191. The molecule has 0 saturated carbocycles. The van der Waals surface area contributed by atoms with Crippen LogP contribution in [-0.4, -0.2) is 26.0 Å². The zero-order valence-electron chi connectivity index (χ0n) is 9.41. The summed E-state index contributed by atoms with van der Waals surface area (Å²) in [6.07, 6.45) is 3.98. The predicted molar refractivity (Wildman–Crippen MR) is 64.9 cm³/mol. The molecule has 0 saturated heterocycles. The van der Waals surface area contributed by atoms with Gasteiger partial charge in [0.25, 0.3) is 0 Å². The molecule has 0 aliphatic rings. The second kappa shape index (κ2) is 5.59. The molecule has 2 rings (SSSR count). The Morgan fingerprint density at radius 3 is 2.83 bits per heavy atom. The van der Waals surface area contributed by atoms with Gasteiger partial charge in [0.1, 0.15) is 0 Å². The normalized spacial score (nSPS) is 12.2. The SMILES string of the molecule is O=C(O)c1ccc(S(=O)CCc2cccnc2)o1. The Bertz CT molecular complexity index is 564. The lowest BCUT2D eigenvalue weighted by Gasteiger charge is -1.99. The quantitative estimate of drug-likeness (QED) is 0.890. The van der Waals surface area contributed by atoms with Crippen molar-refractivity contribution in [2.75, 3.05) is 5.75 Å². The summed E-state index contributed by atoms with van der Waals surface area (Å²) >= 11 is 0. The van der Waals surface area contributed by atoms with Gasteiger partial charge in [0, 0.05) is 18.1 Å². The van der Waals surface area contributed by atoms with E-state index in [1.165, 1.54) is 12.1 Å². The van der Waals surface area contributed by atoms with E-state index in [4.69, 9.17) is 9.52 Å². The van der Waals surface area contributed by atoms with Crippen molar-refractivity contribution in [1.82, 2.24) is 4.98 Å². The van der Waals surface area contributed by atoms with E-state index >= 15 is 0 Å². The maximum atomic E-state index is 11.9. The highest BCUT2D eigenvalue weighted by Crippen LogP contribution is 2.13. The Morgan fingerprint density at radius 1 is 1.39 bits per heavy atom. The molecule has 5 nitrogen and oxygen atoms in total. The maximum absolute atomic E-state index is 11.9. The number of pyridine rings is 1. The smallest absolute Gasteiger partial charge is 0.371 e. The highest BCUT2D eigenvalue weighted by molar-refractivity contribution is 7.84. The van der Waals surface area contributed by atoms with E-state index in [1.54, 1.807) is 12.4 Å². The first kappa shape index (κ1) is 12.5. The number of aromatic nitrogens is 1. The third-order valence-corrected chi connectivity index (χ3v) is 3.56. The van der Waals surface area contributed by atoms with Crippen molar-refractivity contribution in [1.29, 1.82) is 0 Å². The van der Waals surface area contributed by atoms with E-state index in [2.05, 4.69) is 4.98 Å². The molecular formula is C12H11NO4S. The summed E-state index contributed by atoms with van der Waals surface area (Å²) in [6.45, 7) is 0. The second-order valence-electron chi connectivity index (χ2n) is 3.58. The number of nitrogens with zero attached hydrogens (tertiary/aromatic N) is 1. The lowest BCUT2D eigenvalue weighted by molar-refractivity contribution is 0.0656. The van der Waals surface area contributed by atoms with Gasteiger partial charge in [-0.15, -0.1) is 0 Å². The summed E-state index contributed by atoms with van der Waals surface area (Å²) in [6, 6.07) is 6.45. The van der Waals surface area contributed by atoms with E-state index in [0.717, 1.165) is 5.56 Å². The van der Waals surface area contributed by atoms with Gasteiger partial charge in [0.2, 0.25) is 5.76 Å². The number of carboxylic acids is 1. The van der Waals surface area contributed by atoms with Crippen LogP contribution >= 0.6 is 0 Å². The molecule has 2 aromatic rings. The number of rotatable bonds is 5. The molecule has 0 bridgehead atoms. The van der Waals surface area contributed by atoms with Gasteiger partial charge in [-0.2, -0.15) is 0 Å². The van der Waals surface area contributed by atoms with Crippen LogP contribution in [0.5, 0.6) is 0 Å². The maximum Gasteiger partial charge on any atom is 0.371 e. The fourth-order valence-electron chi connectivity index (χ4n) is 1.41. The van der Waals surface area contributed by atoms with E-state index in [-0.39, 0.29) is 10.9 Å². The van der Waals surface area contributed by atoms with Gasteiger partial charge >= 0.3 is 5.97 Å². The van der Waals surface area contributed by atoms with Gasteiger partial charge in [0.15, 0.2) is 5.09 Å². The van der Waals surface area contributed by atoms with Crippen LogP contribution in [0.3, 0.4) is 0 Å². The Morgan fingerprint density at radius 2 is 2.22 bits per heavy atom. The number of aryl methyl sites for hydroxylation is 1. The highest BCUT2D eigenvalue weighted by Gasteiger charge is 2.13. The molecule has 1 atom stereocenters. The minimum Gasteiger partial charge on any atom is -0.475 e. The van der Waals surface area contributed by atoms with E-state index < -0.39 is 16.8 Å². The zero-order valence-corrected chi connectivity index (χ0v) is 10.2. The van der Waals surface area contributed by atoms with Gasteiger partial charge in [-0.25, -0.2) is 4.79 Å². The topological polar surface area (TPSA) is 80.4 Å². The van der Waals surface area contributed by atoms with Crippen molar-refractivity contribution in [2.24, 2.45) is 0 Å². The third kappa shape index (κ3) is 3.04. The molecule has 18 heavy (non-hydrogen) atoms. The number of hydrogen-bond donors (Lipinski definition) is 1. The molecule has 2 heterocycles. The Balaban J connectivity index is 1.97. The first-order valence-electron chi connectivity index (χ1n) is 5.27. The molecule has 2 aromatic heterocycles. The first-order valence-corrected chi connectivity index (χ1v) is 6.59. The molecule has 0 aliphatic heterocycles. The number of aromatic carboxylic acids is 1. The zero-order chi connectivity index (χ0) is 13.0. The fourth-order valence-corrected chi connectivity index (χ4v) is 2.44. The van der Waals surface area contributed by atoms with Gasteiger partial charge in [0.05, 0.1) is 10.8 Å². The summed E-state index contributed by atoms with van der Waals surface area (Å²) in [4.78, 5) is 14.6. The largest absolute Gasteiger partial charge is 0.475 e. The Hall–Kier alpha value is -1.95. The van der Waals surface area contributed by atoms with Crippen LogP contribution in [0.2, 0.25) is 0 Å². The molecular weight excluding hydrogens is 254 g/mol. The molecule has 94 valence electrons. The monoisotopic (exact) mass is 265 g/mol. The van der Waals surface area contributed by atoms with E-state index in [0.29, 0.717) is 12.2 Å². The standard InChI is InChI=1S/C12H11NO4S/c14-12(15)10-3-4-11(17-10)18(16)7-5-9-2-1-6-13-8-9/h1-4,6,8H,5,7H2,(H,14,15). The molecule has 0 aliphatic carbocycles. The van der Waals surface area contributed by atoms with Gasteiger partial charge in [-0.1, -0.05) is 6.07 Å². The number of carbonyl (C=O) groups is 1. The lowest BCUT2D eigenvalue weighted by Crippen LogP contribution is -2.01. The molecule has 6 heteroatoms. The summed E-state index contributed by atoms with van der Waals surface area (Å²) in [5.41, 5.74) is 0.982. The summed E-state index contributed by atoms with van der Waals surface area (Å²) in [5, 5.41) is 8.88.